The molecule has 0 saturated heterocycles. The lowest BCUT2D eigenvalue weighted by molar-refractivity contribution is -0.141. The molecular weight excluding hydrogens is 413 g/mol. The Morgan fingerprint density at radius 1 is 1.09 bits per heavy atom. The van der Waals surface area contributed by atoms with Crippen molar-refractivity contribution in [3.8, 4) is 0 Å². The van der Waals surface area contributed by atoms with E-state index in [0.717, 1.165) is 48.7 Å². The van der Waals surface area contributed by atoms with Gasteiger partial charge >= 0.3 is 6.18 Å². The van der Waals surface area contributed by atoms with Gasteiger partial charge in [-0.25, -0.2) is 0 Å². The number of aliphatic hydroxyl groups is 1. The number of nitrogens with zero attached hydrogens (tertiary/aromatic N) is 2. The van der Waals surface area contributed by atoms with E-state index < -0.39 is 17.5 Å². The zero-order chi connectivity index (χ0) is 22.9. The van der Waals surface area contributed by atoms with Crippen LogP contribution in [0.3, 0.4) is 0 Å². The molecule has 4 aliphatic carbocycles. The summed E-state index contributed by atoms with van der Waals surface area (Å²) >= 11 is 0. The van der Waals surface area contributed by atoms with Crippen molar-refractivity contribution in [1.82, 2.24) is 9.78 Å². The molecule has 8 atom stereocenters. The first-order valence-corrected chi connectivity index (χ1v) is 12.5. The predicted octanol–water partition coefficient (Wildman–Crippen LogP) is 6.48. The van der Waals surface area contributed by atoms with Gasteiger partial charge in [-0.05, 0) is 112 Å². The lowest BCUT2D eigenvalue weighted by Gasteiger charge is -2.57. The summed E-state index contributed by atoms with van der Waals surface area (Å²) in [6.45, 7) is 9.17. The summed E-state index contributed by atoms with van der Waals surface area (Å²) in [7, 11) is 0. The van der Waals surface area contributed by atoms with Gasteiger partial charge < -0.3 is 5.11 Å². The van der Waals surface area contributed by atoms with Crippen LogP contribution in [0, 0.1) is 40.9 Å². The van der Waals surface area contributed by atoms with Crippen molar-refractivity contribution in [2.24, 2.45) is 40.9 Å². The SMILES string of the molecule is C=C(Cn1ccc(C(F)(F)F)n1)[C@H]1CC[C@H]2[C@@H]3CC[C@H]4C[C@](C)(O)CC[C@@H]4[C@H]3CC[C@]12C. The fourth-order valence-corrected chi connectivity index (χ4v) is 8.67. The Labute approximate surface area is 189 Å². The first-order chi connectivity index (χ1) is 15.0. The monoisotopic (exact) mass is 450 g/mol. The smallest absolute Gasteiger partial charge is 0.390 e. The number of aromatic nitrogens is 2. The van der Waals surface area contributed by atoms with E-state index in [0.29, 0.717) is 24.3 Å². The van der Waals surface area contributed by atoms with E-state index in [1.165, 1.54) is 49.4 Å². The van der Waals surface area contributed by atoms with Crippen LogP contribution in [0.15, 0.2) is 24.4 Å². The zero-order valence-corrected chi connectivity index (χ0v) is 19.4. The molecule has 0 spiro atoms. The summed E-state index contributed by atoms with van der Waals surface area (Å²) in [6, 6.07) is 1.05. The predicted molar refractivity (Wildman–Crippen MR) is 118 cm³/mol. The van der Waals surface area contributed by atoms with Gasteiger partial charge in [0.1, 0.15) is 0 Å². The Morgan fingerprint density at radius 2 is 1.84 bits per heavy atom. The minimum absolute atomic E-state index is 0.200. The van der Waals surface area contributed by atoms with Crippen molar-refractivity contribution in [3.63, 3.8) is 0 Å². The van der Waals surface area contributed by atoms with Crippen LogP contribution < -0.4 is 0 Å². The maximum Gasteiger partial charge on any atom is 0.435 e. The maximum absolute atomic E-state index is 12.9. The molecule has 32 heavy (non-hydrogen) atoms. The third kappa shape index (κ3) is 3.74. The molecule has 0 bridgehead atoms. The van der Waals surface area contributed by atoms with Gasteiger partial charge in [0, 0.05) is 6.20 Å². The van der Waals surface area contributed by atoms with Crippen molar-refractivity contribution in [2.75, 3.05) is 0 Å². The molecule has 0 aromatic carbocycles. The fourth-order valence-electron chi connectivity index (χ4n) is 8.67. The molecule has 0 aliphatic heterocycles. The van der Waals surface area contributed by atoms with Crippen LogP contribution in [0.2, 0.25) is 0 Å². The largest absolute Gasteiger partial charge is 0.435 e. The maximum atomic E-state index is 12.9. The van der Waals surface area contributed by atoms with Crippen LogP contribution >= 0.6 is 0 Å². The molecule has 0 amide bonds. The van der Waals surface area contributed by atoms with Crippen LogP contribution in [-0.4, -0.2) is 20.5 Å². The number of alkyl halides is 3. The van der Waals surface area contributed by atoms with Crippen LogP contribution in [0.25, 0.3) is 0 Å². The summed E-state index contributed by atoms with van der Waals surface area (Å²) in [4.78, 5) is 0. The van der Waals surface area contributed by atoms with Crippen molar-refractivity contribution in [3.05, 3.63) is 30.1 Å². The van der Waals surface area contributed by atoms with Crippen LogP contribution in [0.1, 0.15) is 77.3 Å². The van der Waals surface area contributed by atoms with E-state index in [2.05, 4.69) is 18.6 Å². The second kappa shape index (κ2) is 7.61. The topological polar surface area (TPSA) is 38.0 Å². The molecule has 1 aromatic heterocycles. The molecular formula is C26H37F3N2O. The van der Waals surface area contributed by atoms with Crippen molar-refractivity contribution in [1.29, 1.82) is 0 Å². The summed E-state index contributed by atoms with van der Waals surface area (Å²) < 4.78 is 40.2. The molecule has 4 aliphatic rings. The fraction of sp³-hybridized carbons (Fsp3) is 0.808. The Bertz CT molecular complexity index is 875. The van der Waals surface area contributed by atoms with Crippen LogP contribution in [0.4, 0.5) is 13.2 Å². The van der Waals surface area contributed by atoms with E-state index in [4.69, 9.17) is 0 Å². The molecule has 6 heteroatoms. The molecule has 3 nitrogen and oxygen atoms in total. The van der Waals surface area contributed by atoms with E-state index >= 15 is 0 Å². The molecule has 4 saturated carbocycles. The van der Waals surface area contributed by atoms with Crippen LogP contribution in [-0.2, 0) is 12.7 Å². The normalized spacial score (nSPS) is 43.9. The van der Waals surface area contributed by atoms with Gasteiger partial charge in [-0.15, -0.1) is 0 Å². The lowest BCUT2D eigenvalue weighted by atomic mass is 9.49. The van der Waals surface area contributed by atoms with Gasteiger partial charge in [0.25, 0.3) is 0 Å². The highest BCUT2D eigenvalue weighted by Gasteiger charge is 2.57. The van der Waals surface area contributed by atoms with Crippen molar-refractivity contribution < 1.29 is 18.3 Å². The van der Waals surface area contributed by atoms with Gasteiger partial charge in [-0.1, -0.05) is 19.1 Å². The standard InChI is InChI=1S/C26H37F3N2O/c1-16(15-31-13-10-23(30-31)26(27,28)29)21-6-7-22-20-5-4-17-14-24(2,32)11-8-18(17)19(20)9-12-25(21,22)3/h10,13,17-22,32H,1,4-9,11-12,14-15H2,2-3H3/t17-,18-,19+,20+,21+,22-,24+,25+/m0/s1. The number of allylic oxidation sites excluding steroid dienone is 1. The zero-order valence-electron chi connectivity index (χ0n) is 19.4. The molecule has 1 heterocycles. The molecule has 0 unspecified atom stereocenters. The summed E-state index contributed by atoms with van der Waals surface area (Å²) in [5.74, 6) is 4.05. The minimum Gasteiger partial charge on any atom is -0.390 e. The number of halogens is 3. The summed E-state index contributed by atoms with van der Waals surface area (Å²) in [5, 5.41) is 14.3. The Morgan fingerprint density at radius 3 is 2.56 bits per heavy atom. The summed E-state index contributed by atoms with van der Waals surface area (Å²) in [5.41, 5.74) is -0.0749. The second-order valence-corrected chi connectivity index (χ2v) is 11.9. The quantitative estimate of drug-likeness (QED) is 0.536. The second-order valence-electron chi connectivity index (χ2n) is 11.9. The van der Waals surface area contributed by atoms with Crippen molar-refractivity contribution in [2.45, 2.75) is 90.0 Å². The van der Waals surface area contributed by atoms with Gasteiger partial charge in [-0.2, -0.15) is 18.3 Å². The van der Waals surface area contributed by atoms with Crippen molar-refractivity contribution >= 4 is 0 Å². The molecule has 4 fully saturated rings. The van der Waals surface area contributed by atoms with Gasteiger partial charge in [-0.3, -0.25) is 4.68 Å². The molecule has 1 aromatic rings. The number of hydrogen-bond acceptors (Lipinski definition) is 2. The highest BCUT2D eigenvalue weighted by Crippen LogP contribution is 2.65. The van der Waals surface area contributed by atoms with E-state index in [9.17, 15) is 18.3 Å². The van der Waals surface area contributed by atoms with E-state index in [1.807, 2.05) is 6.92 Å². The minimum atomic E-state index is -4.40. The average Bonchev–Trinajstić information content (AvgIpc) is 3.30. The first kappa shape index (κ1) is 22.5. The Hall–Kier alpha value is -1.30. The highest BCUT2D eigenvalue weighted by molar-refractivity contribution is 5.16. The summed E-state index contributed by atoms with van der Waals surface area (Å²) in [6.07, 6.45) is 7.36. The highest BCUT2D eigenvalue weighted by atomic mass is 19.4. The van der Waals surface area contributed by atoms with Gasteiger partial charge in [0.15, 0.2) is 5.69 Å². The Balaban J connectivity index is 1.29. The Kier molecular flexibility index (Phi) is 5.35. The molecule has 1 N–H and O–H groups in total. The number of rotatable bonds is 3. The van der Waals surface area contributed by atoms with E-state index in [1.54, 1.807) is 0 Å². The average molecular weight is 451 g/mol. The first-order valence-electron chi connectivity index (χ1n) is 12.5. The molecule has 178 valence electrons. The molecule has 5 rings (SSSR count). The van der Waals surface area contributed by atoms with Crippen LogP contribution in [0.5, 0.6) is 0 Å². The number of hydrogen-bond donors (Lipinski definition) is 1. The van der Waals surface area contributed by atoms with E-state index in [-0.39, 0.29) is 5.41 Å². The van der Waals surface area contributed by atoms with Gasteiger partial charge in [0.05, 0.1) is 12.1 Å². The number of fused-ring (bicyclic) bond motifs is 5. The third-order valence-corrected chi connectivity index (χ3v) is 10.0. The molecule has 0 radical (unpaired) electrons. The lowest BCUT2D eigenvalue weighted by Crippen LogP contribution is -2.50. The van der Waals surface area contributed by atoms with Gasteiger partial charge in [0.2, 0.25) is 0 Å². The third-order valence-electron chi connectivity index (χ3n) is 10.0.